The summed E-state index contributed by atoms with van der Waals surface area (Å²) >= 11 is 5.71. The molecule has 0 saturated heterocycles. The zero-order valence-electron chi connectivity index (χ0n) is 9.55. The highest BCUT2D eigenvalue weighted by Gasteiger charge is 2.18. The van der Waals surface area contributed by atoms with Crippen LogP contribution in [0, 0.1) is 15.9 Å². The molecule has 0 amide bonds. The Morgan fingerprint density at radius 1 is 1.42 bits per heavy atom. The lowest BCUT2D eigenvalue weighted by atomic mass is 10.3. The van der Waals surface area contributed by atoms with E-state index in [1.54, 1.807) is 12.1 Å². The first-order chi connectivity index (χ1) is 9.11. The second kappa shape index (κ2) is 5.62. The number of rotatable bonds is 4. The van der Waals surface area contributed by atoms with Gasteiger partial charge < -0.3 is 4.74 Å². The van der Waals surface area contributed by atoms with Gasteiger partial charge in [0.15, 0.2) is 0 Å². The van der Waals surface area contributed by atoms with Gasteiger partial charge in [-0.3, -0.25) is 10.1 Å². The van der Waals surface area contributed by atoms with Gasteiger partial charge in [-0.05, 0) is 18.2 Å². The van der Waals surface area contributed by atoms with Crippen LogP contribution >= 0.6 is 11.6 Å². The Kier molecular flexibility index (Phi) is 3.91. The summed E-state index contributed by atoms with van der Waals surface area (Å²) in [4.78, 5) is 14.1. The summed E-state index contributed by atoms with van der Waals surface area (Å²) < 4.78 is 18.3. The number of aromatic nitrogens is 1. The number of nitrogens with zero attached hydrogens (tertiary/aromatic N) is 2. The van der Waals surface area contributed by atoms with E-state index < -0.39 is 16.4 Å². The van der Waals surface area contributed by atoms with Crippen molar-refractivity contribution in [1.29, 1.82) is 0 Å². The summed E-state index contributed by atoms with van der Waals surface area (Å²) in [7, 11) is 0. The minimum atomic E-state index is -0.721. The standard InChI is InChI=1S/C12H8ClFN2O3/c13-7-8-2-1-5-15-12(8)19-11-4-3-9(14)6-10(11)16(17)18/h1-6H,7H2. The lowest BCUT2D eigenvalue weighted by molar-refractivity contribution is -0.385. The lowest BCUT2D eigenvalue weighted by Gasteiger charge is -2.08. The van der Waals surface area contributed by atoms with E-state index in [0.717, 1.165) is 12.1 Å². The summed E-state index contributed by atoms with van der Waals surface area (Å²) in [6.07, 6.45) is 1.47. The molecule has 5 nitrogen and oxygen atoms in total. The molecule has 0 bridgehead atoms. The fourth-order valence-corrected chi connectivity index (χ4v) is 1.64. The van der Waals surface area contributed by atoms with Crippen LogP contribution in [0.4, 0.5) is 10.1 Å². The molecule has 2 rings (SSSR count). The summed E-state index contributed by atoms with van der Waals surface area (Å²) in [5.74, 6) is -0.487. The average Bonchev–Trinajstić information content (AvgIpc) is 2.41. The van der Waals surface area contributed by atoms with E-state index in [1.807, 2.05) is 0 Å². The van der Waals surface area contributed by atoms with Crippen molar-refractivity contribution >= 4 is 17.3 Å². The van der Waals surface area contributed by atoms with Crippen molar-refractivity contribution in [3.05, 3.63) is 58.0 Å². The van der Waals surface area contributed by atoms with Crippen molar-refractivity contribution in [2.45, 2.75) is 5.88 Å². The van der Waals surface area contributed by atoms with Gasteiger partial charge in [0.05, 0.1) is 16.9 Å². The second-order valence-electron chi connectivity index (χ2n) is 3.57. The van der Waals surface area contributed by atoms with Crippen molar-refractivity contribution in [1.82, 2.24) is 4.98 Å². The molecule has 98 valence electrons. The van der Waals surface area contributed by atoms with Crippen LogP contribution in [0.1, 0.15) is 5.56 Å². The molecule has 2 aromatic rings. The number of halogens is 2. The van der Waals surface area contributed by atoms with Crippen LogP contribution in [0.25, 0.3) is 0 Å². The number of alkyl halides is 1. The van der Waals surface area contributed by atoms with Crippen molar-refractivity contribution in [3.8, 4) is 11.6 Å². The normalized spacial score (nSPS) is 10.2. The van der Waals surface area contributed by atoms with Crippen LogP contribution in [0.5, 0.6) is 11.6 Å². The van der Waals surface area contributed by atoms with Gasteiger partial charge in [0, 0.05) is 11.8 Å². The number of hydrogen-bond donors (Lipinski definition) is 0. The lowest BCUT2D eigenvalue weighted by Crippen LogP contribution is -1.97. The maximum absolute atomic E-state index is 13.0. The smallest absolute Gasteiger partial charge is 0.314 e. The zero-order valence-corrected chi connectivity index (χ0v) is 10.3. The number of pyridine rings is 1. The molecule has 0 radical (unpaired) electrons. The van der Waals surface area contributed by atoms with E-state index in [4.69, 9.17) is 16.3 Å². The van der Waals surface area contributed by atoms with E-state index >= 15 is 0 Å². The third-order valence-electron chi connectivity index (χ3n) is 2.32. The molecular weight excluding hydrogens is 275 g/mol. The highest BCUT2D eigenvalue weighted by atomic mass is 35.5. The van der Waals surface area contributed by atoms with Crippen LogP contribution in [0.3, 0.4) is 0 Å². The third kappa shape index (κ3) is 2.97. The van der Waals surface area contributed by atoms with Gasteiger partial charge in [0.25, 0.3) is 0 Å². The SMILES string of the molecule is O=[N+]([O-])c1cc(F)ccc1Oc1ncccc1CCl. The van der Waals surface area contributed by atoms with Crippen LogP contribution in [-0.2, 0) is 5.88 Å². The average molecular weight is 283 g/mol. The van der Waals surface area contributed by atoms with Crippen molar-refractivity contribution in [2.24, 2.45) is 0 Å². The summed E-state index contributed by atoms with van der Waals surface area (Å²) in [6, 6.07) is 6.40. The molecule has 1 aromatic heterocycles. The Morgan fingerprint density at radius 3 is 2.89 bits per heavy atom. The predicted octanol–water partition coefficient (Wildman–Crippen LogP) is 3.66. The van der Waals surface area contributed by atoms with Gasteiger partial charge in [-0.25, -0.2) is 9.37 Å². The molecule has 1 heterocycles. The predicted molar refractivity (Wildman–Crippen MR) is 66.9 cm³/mol. The first kappa shape index (κ1) is 13.2. The van der Waals surface area contributed by atoms with E-state index in [0.29, 0.717) is 5.56 Å². The van der Waals surface area contributed by atoms with Crippen LogP contribution in [0.2, 0.25) is 0 Å². The van der Waals surface area contributed by atoms with Crippen LogP contribution < -0.4 is 4.74 Å². The first-order valence-corrected chi connectivity index (χ1v) is 5.77. The number of nitro benzene ring substituents is 1. The highest BCUT2D eigenvalue weighted by molar-refractivity contribution is 6.17. The van der Waals surface area contributed by atoms with E-state index in [-0.39, 0.29) is 17.5 Å². The first-order valence-electron chi connectivity index (χ1n) is 5.23. The summed E-state index contributed by atoms with van der Waals surface area (Å²) in [6.45, 7) is 0. The highest BCUT2D eigenvalue weighted by Crippen LogP contribution is 2.32. The van der Waals surface area contributed by atoms with E-state index in [9.17, 15) is 14.5 Å². The van der Waals surface area contributed by atoms with E-state index in [2.05, 4.69) is 4.98 Å². The van der Waals surface area contributed by atoms with Crippen LogP contribution in [0.15, 0.2) is 36.5 Å². The fourth-order valence-electron chi connectivity index (χ4n) is 1.44. The Balaban J connectivity index is 2.41. The molecule has 0 aliphatic carbocycles. The molecule has 0 aliphatic rings. The van der Waals surface area contributed by atoms with Crippen LogP contribution in [-0.4, -0.2) is 9.91 Å². The third-order valence-corrected chi connectivity index (χ3v) is 2.61. The molecule has 19 heavy (non-hydrogen) atoms. The summed E-state index contributed by atoms with van der Waals surface area (Å²) in [5, 5.41) is 10.8. The van der Waals surface area contributed by atoms with Gasteiger partial charge in [0.1, 0.15) is 5.82 Å². The molecule has 0 atom stereocenters. The monoisotopic (exact) mass is 282 g/mol. The molecule has 0 spiro atoms. The van der Waals surface area contributed by atoms with Crippen molar-refractivity contribution < 1.29 is 14.1 Å². The minimum Gasteiger partial charge on any atom is -0.431 e. The fraction of sp³-hybridized carbons (Fsp3) is 0.0833. The quantitative estimate of drug-likeness (QED) is 0.487. The Bertz CT molecular complexity index is 622. The Labute approximate surface area is 112 Å². The molecule has 1 aromatic carbocycles. The second-order valence-corrected chi connectivity index (χ2v) is 3.84. The Morgan fingerprint density at radius 2 is 2.21 bits per heavy atom. The maximum Gasteiger partial charge on any atom is 0.314 e. The van der Waals surface area contributed by atoms with Gasteiger partial charge >= 0.3 is 5.69 Å². The number of nitro groups is 1. The molecule has 0 unspecified atom stereocenters. The van der Waals surface area contributed by atoms with E-state index in [1.165, 1.54) is 12.3 Å². The van der Waals surface area contributed by atoms with Crippen molar-refractivity contribution in [3.63, 3.8) is 0 Å². The molecular formula is C12H8ClFN2O3. The topological polar surface area (TPSA) is 65.3 Å². The number of ether oxygens (including phenoxy) is 1. The van der Waals surface area contributed by atoms with Gasteiger partial charge in [-0.1, -0.05) is 6.07 Å². The largest absolute Gasteiger partial charge is 0.431 e. The maximum atomic E-state index is 13.0. The minimum absolute atomic E-state index is 0.0866. The number of benzene rings is 1. The zero-order chi connectivity index (χ0) is 13.8. The van der Waals surface area contributed by atoms with Gasteiger partial charge in [0.2, 0.25) is 11.6 Å². The summed E-state index contributed by atoms with van der Waals surface area (Å²) in [5.41, 5.74) is 0.119. The Hall–Kier alpha value is -2.21. The molecule has 0 aliphatic heterocycles. The number of hydrogen-bond acceptors (Lipinski definition) is 4. The molecule has 0 fully saturated rings. The molecule has 0 N–H and O–H groups in total. The van der Waals surface area contributed by atoms with Gasteiger partial charge in [-0.15, -0.1) is 11.6 Å². The molecule has 0 saturated carbocycles. The van der Waals surface area contributed by atoms with Gasteiger partial charge in [-0.2, -0.15) is 0 Å². The molecule has 7 heteroatoms. The van der Waals surface area contributed by atoms with Crippen molar-refractivity contribution in [2.75, 3.05) is 0 Å².